The van der Waals surface area contributed by atoms with Gasteiger partial charge in [0, 0.05) is 19.1 Å². The number of fused-ring (bicyclic) bond motifs is 1. The van der Waals surface area contributed by atoms with E-state index in [9.17, 15) is 4.79 Å². The van der Waals surface area contributed by atoms with Crippen molar-refractivity contribution in [2.75, 3.05) is 19.8 Å². The fraction of sp³-hybridized carbons (Fsp3) is 0.929. The molecule has 1 saturated carbocycles. The lowest BCUT2D eigenvalue weighted by Gasteiger charge is -2.26. The molecule has 0 aromatic rings. The van der Waals surface area contributed by atoms with Crippen LogP contribution in [0.5, 0.6) is 0 Å². The van der Waals surface area contributed by atoms with Crippen molar-refractivity contribution in [1.29, 1.82) is 0 Å². The third-order valence-corrected chi connectivity index (χ3v) is 3.44. The Balaban J connectivity index is 0.000000224. The van der Waals surface area contributed by atoms with Gasteiger partial charge < -0.3 is 9.84 Å². The van der Waals surface area contributed by atoms with Gasteiger partial charge in [0.15, 0.2) is 0 Å². The molecular weight excluding hydrogens is 246 g/mol. The summed E-state index contributed by atoms with van der Waals surface area (Å²) in [4.78, 5) is 15.5. The first-order chi connectivity index (χ1) is 8.78. The molecule has 1 heterocycles. The number of carboxylic acids is 1. The van der Waals surface area contributed by atoms with Crippen molar-refractivity contribution in [1.82, 2.24) is 5.06 Å². The quantitative estimate of drug-likeness (QED) is 0.853. The van der Waals surface area contributed by atoms with Gasteiger partial charge in [-0.05, 0) is 47.5 Å². The molecule has 5 heteroatoms. The van der Waals surface area contributed by atoms with E-state index in [1.165, 1.54) is 12.8 Å². The van der Waals surface area contributed by atoms with Gasteiger partial charge >= 0.3 is 5.97 Å². The van der Waals surface area contributed by atoms with Crippen LogP contribution in [0.2, 0.25) is 0 Å². The van der Waals surface area contributed by atoms with Crippen LogP contribution in [0.3, 0.4) is 0 Å². The van der Waals surface area contributed by atoms with Crippen LogP contribution < -0.4 is 0 Å². The predicted molar refractivity (Wildman–Crippen MR) is 72.5 cm³/mol. The third kappa shape index (κ3) is 3.91. The van der Waals surface area contributed by atoms with Crippen LogP contribution in [0.25, 0.3) is 0 Å². The second-order valence-electron chi connectivity index (χ2n) is 6.04. The maximum Gasteiger partial charge on any atom is 0.308 e. The van der Waals surface area contributed by atoms with E-state index in [0.29, 0.717) is 0 Å². The maximum absolute atomic E-state index is 10.0. The molecule has 2 unspecified atom stereocenters. The number of hydrogen-bond donors (Lipinski definition) is 1. The summed E-state index contributed by atoms with van der Waals surface area (Å²) >= 11 is 0. The zero-order valence-electron chi connectivity index (χ0n) is 12.7. The Morgan fingerprint density at radius 2 is 1.95 bits per heavy atom. The number of ether oxygens (including phenoxy) is 1. The van der Waals surface area contributed by atoms with E-state index < -0.39 is 11.4 Å². The largest absolute Gasteiger partial charge is 0.481 e. The first kappa shape index (κ1) is 16.4. The average Bonchev–Trinajstić information content (AvgIpc) is 2.90. The number of carboxylic acid groups (broad SMARTS) is 1. The maximum atomic E-state index is 10.0. The molecule has 2 fully saturated rings. The van der Waals surface area contributed by atoms with Gasteiger partial charge in [-0.3, -0.25) is 9.63 Å². The van der Waals surface area contributed by atoms with Gasteiger partial charge in [0.2, 0.25) is 0 Å². The lowest BCUT2D eigenvalue weighted by atomic mass is 9.98. The van der Waals surface area contributed by atoms with E-state index in [2.05, 4.69) is 0 Å². The first-order valence-corrected chi connectivity index (χ1v) is 7.05. The van der Waals surface area contributed by atoms with Crippen molar-refractivity contribution in [3.63, 3.8) is 0 Å². The van der Waals surface area contributed by atoms with E-state index >= 15 is 0 Å². The van der Waals surface area contributed by atoms with E-state index in [1.54, 1.807) is 20.8 Å². The summed E-state index contributed by atoms with van der Waals surface area (Å²) in [5, 5.41) is 10.3. The molecule has 0 aromatic heterocycles. The molecular formula is C14H27NO4. The summed E-state index contributed by atoms with van der Waals surface area (Å²) in [7, 11) is 0. The number of nitrogens with zero attached hydrogens (tertiary/aromatic N) is 1. The molecule has 5 nitrogen and oxygen atoms in total. The summed E-state index contributed by atoms with van der Waals surface area (Å²) < 4.78 is 5.73. The fourth-order valence-corrected chi connectivity index (χ4v) is 2.22. The molecule has 1 aliphatic heterocycles. The SMILES string of the molecule is CC(C)(C)C(=O)O.CCON1CCC2CC21OCC. The Labute approximate surface area is 115 Å². The van der Waals surface area contributed by atoms with Gasteiger partial charge in [-0.2, -0.15) is 5.06 Å². The number of hydroxylamine groups is 2. The number of hydrogen-bond acceptors (Lipinski definition) is 4. The highest BCUT2D eigenvalue weighted by atomic mass is 16.7. The van der Waals surface area contributed by atoms with Gasteiger partial charge in [-0.15, -0.1) is 0 Å². The fourth-order valence-electron chi connectivity index (χ4n) is 2.22. The summed E-state index contributed by atoms with van der Waals surface area (Å²) in [5.74, 6) is -0.0171. The lowest BCUT2D eigenvalue weighted by molar-refractivity contribution is -0.253. The molecule has 19 heavy (non-hydrogen) atoms. The number of piperidine rings is 1. The first-order valence-electron chi connectivity index (χ1n) is 7.05. The van der Waals surface area contributed by atoms with E-state index in [4.69, 9.17) is 14.7 Å². The van der Waals surface area contributed by atoms with Crippen molar-refractivity contribution in [2.45, 2.75) is 53.2 Å². The van der Waals surface area contributed by atoms with Crippen LogP contribution >= 0.6 is 0 Å². The van der Waals surface area contributed by atoms with Crippen LogP contribution in [-0.4, -0.2) is 41.6 Å². The molecule has 112 valence electrons. The highest BCUT2D eigenvalue weighted by molar-refractivity contribution is 5.72. The zero-order chi connectivity index (χ0) is 14.7. The Bertz CT molecular complexity index is 313. The van der Waals surface area contributed by atoms with Crippen molar-refractivity contribution < 1.29 is 19.5 Å². The standard InChI is InChI=1S/C9H17NO2.C5H10O2/c1-3-11-9-7-8(9)5-6-10(9)12-4-2;1-5(2,3)4(6)7/h8H,3-7H2,1-2H3;1-3H3,(H,6,7). The van der Waals surface area contributed by atoms with Gasteiger partial charge in [0.05, 0.1) is 12.0 Å². The average molecular weight is 273 g/mol. The molecule has 2 aliphatic rings. The van der Waals surface area contributed by atoms with Crippen molar-refractivity contribution >= 4 is 5.97 Å². The summed E-state index contributed by atoms with van der Waals surface area (Å²) in [6, 6.07) is 0. The van der Waals surface area contributed by atoms with E-state index in [1.807, 2.05) is 18.9 Å². The highest BCUT2D eigenvalue weighted by Crippen LogP contribution is 2.56. The molecule has 1 N–H and O–H groups in total. The smallest absolute Gasteiger partial charge is 0.308 e. The van der Waals surface area contributed by atoms with Gasteiger partial charge in [0.1, 0.15) is 5.72 Å². The highest BCUT2D eigenvalue weighted by Gasteiger charge is 2.64. The van der Waals surface area contributed by atoms with Crippen molar-refractivity contribution in [2.24, 2.45) is 11.3 Å². The Hall–Kier alpha value is -0.650. The van der Waals surface area contributed by atoms with Gasteiger partial charge in [-0.25, -0.2) is 0 Å². The number of carbonyl (C=O) groups is 1. The second kappa shape index (κ2) is 6.20. The Morgan fingerprint density at radius 3 is 2.32 bits per heavy atom. The number of aliphatic carboxylic acids is 1. The van der Waals surface area contributed by atoms with Crippen LogP contribution in [0.15, 0.2) is 0 Å². The molecule has 1 aliphatic carbocycles. The molecule has 2 rings (SSSR count). The van der Waals surface area contributed by atoms with Crippen LogP contribution in [0.4, 0.5) is 0 Å². The van der Waals surface area contributed by atoms with E-state index in [0.717, 1.165) is 25.7 Å². The molecule has 0 bridgehead atoms. The molecule has 0 amide bonds. The molecule has 1 saturated heterocycles. The zero-order valence-corrected chi connectivity index (χ0v) is 12.7. The summed E-state index contributed by atoms with van der Waals surface area (Å²) in [6.07, 6.45) is 2.40. The van der Waals surface area contributed by atoms with Crippen LogP contribution in [0.1, 0.15) is 47.5 Å². The molecule has 0 aromatic carbocycles. The monoisotopic (exact) mass is 273 g/mol. The summed E-state index contributed by atoms with van der Waals surface area (Å²) in [6.45, 7) is 11.6. The minimum absolute atomic E-state index is 0.00917. The predicted octanol–water partition coefficient (Wildman–Crippen LogP) is 2.51. The third-order valence-electron chi connectivity index (χ3n) is 3.44. The van der Waals surface area contributed by atoms with Crippen molar-refractivity contribution in [3.8, 4) is 0 Å². The topological polar surface area (TPSA) is 59.0 Å². The molecule has 0 spiro atoms. The van der Waals surface area contributed by atoms with E-state index in [-0.39, 0.29) is 5.72 Å². The van der Waals surface area contributed by atoms with Gasteiger partial charge in [-0.1, -0.05) is 0 Å². The Kier molecular flexibility index (Phi) is 5.35. The normalized spacial score (nSPS) is 29.4. The minimum atomic E-state index is -0.757. The molecule has 2 atom stereocenters. The Morgan fingerprint density at radius 1 is 1.37 bits per heavy atom. The van der Waals surface area contributed by atoms with Gasteiger partial charge in [0.25, 0.3) is 0 Å². The summed E-state index contributed by atoms with van der Waals surface area (Å²) in [5.41, 5.74) is -0.592. The van der Waals surface area contributed by atoms with Crippen LogP contribution in [0, 0.1) is 11.3 Å². The minimum Gasteiger partial charge on any atom is -0.481 e. The second-order valence-corrected chi connectivity index (χ2v) is 6.04. The van der Waals surface area contributed by atoms with Crippen molar-refractivity contribution in [3.05, 3.63) is 0 Å². The lowest BCUT2D eigenvalue weighted by Crippen LogP contribution is -2.37. The van der Waals surface area contributed by atoms with Crippen LogP contribution in [-0.2, 0) is 14.4 Å². The molecule has 0 radical (unpaired) electrons. The number of rotatable bonds is 4.